The monoisotopic (exact) mass is 388 g/mol. The van der Waals surface area contributed by atoms with Gasteiger partial charge in [0.05, 0.1) is 17.4 Å². The third-order valence-electron chi connectivity index (χ3n) is 5.35. The summed E-state index contributed by atoms with van der Waals surface area (Å²) < 4.78 is 49.4. The van der Waals surface area contributed by atoms with Crippen molar-refractivity contribution in [2.24, 2.45) is 5.41 Å². The number of halogens is 2. The first-order valence-corrected chi connectivity index (χ1v) is 9.81. The fourth-order valence-electron chi connectivity index (χ4n) is 3.72. The zero-order valence-corrected chi connectivity index (χ0v) is 15.5. The summed E-state index contributed by atoms with van der Waals surface area (Å²) in [6, 6.07) is 9.13. The van der Waals surface area contributed by atoms with Crippen molar-refractivity contribution in [1.82, 2.24) is 4.72 Å². The van der Waals surface area contributed by atoms with Gasteiger partial charge < -0.3 is 4.74 Å². The van der Waals surface area contributed by atoms with Gasteiger partial charge in [-0.25, -0.2) is 19.6 Å². The van der Waals surface area contributed by atoms with Crippen molar-refractivity contribution in [2.75, 3.05) is 6.61 Å². The van der Waals surface area contributed by atoms with E-state index in [-0.39, 0.29) is 16.7 Å². The maximum atomic E-state index is 14.6. The molecule has 1 saturated carbocycles. The summed E-state index contributed by atoms with van der Waals surface area (Å²) in [4.78, 5) is 4.17. The molecule has 27 heavy (non-hydrogen) atoms. The Morgan fingerprint density at radius 3 is 2.63 bits per heavy atom. The van der Waals surface area contributed by atoms with Crippen LogP contribution in [-0.2, 0) is 11.0 Å². The molecule has 0 aromatic heterocycles. The van der Waals surface area contributed by atoms with Gasteiger partial charge in [0.25, 0.3) is 6.17 Å². The number of hydrogen-bond donors (Lipinski definition) is 1. The molecule has 1 N–H and O–H groups in total. The summed E-state index contributed by atoms with van der Waals surface area (Å²) in [6.45, 7) is 9.87. The molecule has 1 aliphatic carbocycles. The number of fused-ring (bicyclic) bond motifs is 1. The quantitative estimate of drug-likeness (QED) is 0.802. The van der Waals surface area contributed by atoms with Gasteiger partial charge in [-0.3, -0.25) is 4.85 Å². The summed E-state index contributed by atoms with van der Waals surface area (Å²) in [5, 5.41) is 0. The predicted octanol–water partition coefficient (Wildman–Crippen LogP) is 4.09. The Morgan fingerprint density at radius 2 is 2.00 bits per heavy atom. The van der Waals surface area contributed by atoms with Gasteiger partial charge in [0, 0.05) is 23.1 Å². The third kappa shape index (κ3) is 3.24. The van der Waals surface area contributed by atoms with E-state index in [0.29, 0.717) is 11.5 Å². The van der Waals surface area contributed by atoms with E-state index >= 15 is 0 Å². The van der Waals surface area contributed by atoms with E-state index in [1.165, 1.54) is 0 Å². The standard InChI is InChI=1S/C20H18F2N2O2S/c1-12-3-5-14(6-4-12)27(25)24-19(23-2)18-17-15(22)9-13(21)10-16(17)26-11-20(18)7-8-20/h3-6,9-10,18-19,24H,7-8,11H2,1H3/t18?,19-,27-/m0/s1. The Morgan fingerprint density at radius 1 is 1.30 bits per heavy atom. The summed E-state index contributed by atoms with van der Waals surface area (Å²) in [5.41, 5.74) is 0.872. The van der Waals surface area contributed by atoms with Crippen LogP contribution in [0.1, 0.15) is 29.9 Å². The van der Waals surface area contributed by atoms with E-state index in [1.54, 1.807) is 12.1 Å². The van der Waals surface area contributed by atoms with Crippen LogP contribution in [0.25, 0.3) is 4.85 Å². The molecule has 140 valence electrons. The molecule has 4 nitrogen and oxygen atoms in total. The molecule has 2 aliphatic rings. The van der Waals surface area contributed by atoms with Crippen LogP contribution in [0.15, 0.2) is 41.3 Å². The Balaban J connectivity index is 1.69. The van der Waals surface area contributed by atoms with Crippen molar-refractivity contribution in [2.45, 2.75) is 36.7 Å². The van der Waals surface area contributed by atoms with Crippen LogP contribution in [0.4, 0.5) is 8.78 Å². The highest BCUT2D eigenvalue weighted by Crippen LogP contribution is 2.61. The lowest BCUT2D eigenvalue weighted by Gasteiger charge is -2.34. The normalized spacial score (nSPS) is 21.6. The molecule has 1 fully saturated rings. The average Bonchev–Trinajstić information content (AvgIpc) is 3.41. The number of rotatable bonds is 4. The van der Waals surface area contributed by atoms with Gasteiger partial charge in [0.1, 0.15) is 28.4 Å². The zero-order valence-electron chi connectivity index (χ0n) is 14.7. The second kappa shape index (κ2) is 6.70. The fourth-order valence-corrected chi connectivity index (χ4v) is 4.64. The molecule has 0 radical (unpaired) electrons. The molecule has 1 spiro atoms. The molecular weight excluding hydrogens is 370 g/mol. The first-order valence-electron chi connectivity index (χ1n) is 8.66. The molecule has 1 unspecified atom stereocenters. The van der Waals surface area contributed by atoms with Gasteiger partial charge in [-0.15, -0.1) is 0 Å². The van der Waals surface area contributed by atoms with Gasteiger partial charge in [0.2, 0.25) is 0 Å². The number of nitrogens with zero attached hydrogens (tertiary/aromatic N) is 1. The highest BCUT2D eigenvalue weighted by Gasteiger charge is 2.60. The molecule has 1 heterocycles. The summed E-state index contributed by atoms with van der Waals surface area (Å²) in [7, 11) is -1.62. The molecule has 2 aromatic rings. The molecule has 1 aliphatic heterocycles. The van der Waals surface area contributed by atoms with Crippen molar-refractivity contribution >= 4 is 11.0 Å². The Labute approximate surface area is 159 Å². The summed E-state index contributed by atoms with van der Waals surface area (Å²) in [6.07, 6.45) is 0.676. The third-order valence-corrected chi connectivity index (χ3v) is 6.51. The molecule has 3 atom stereocenters. The number of nitrogens with one attached hydrogen (secondary N) is 1. The SMILES string of the molecule is [C-]#[N+][C@@H](N[S@@](=O)c1ccc(C)cc1)C1c2c(F)cc(F)cc2OCC12CC2. The van der Waals surface area contributed by atoms with E-state index in [1.807, 2.05) is 19.1 Å². The molecule has 7 heteroatoms. The molecule has 4 rings (SSSR count). The minimum Gasteiger partial charge on any atom is -0.492 e. The molecule has 0 saturated heterocycles. The maximum Gasteiger partial charge on any atom is 0.295 e. The van der Waals surface area contributed by atoms with Crippen LogP contribution in [-0.4, -0.2) is 17.0 Å². The maximum absolute atomic E-state index is 14.6. The minimum atomic E-state index is -1.62. The Kier molecular flexibility index (Phi) is 4.49. The lowest BCUT2D eigenvalue weighted by Crippen LogP contribution is -2.42. The van der Waals surface area contributed by atoms with Crippen molar-refractivity contribution in [3.05, 3.63) is 70.6 Å². The van der Waals surface area contributed by atoms with Crippen molar-refractivity contribution in [3.63, 3.8) is 0 Å². The number of benzene rings is 2. The average molecular weight is 388 g/mol. The van der Waals surface area contributed by atoms with E-state index in [2.05, 4.69) is 9.57 Å². The van der Waals surface area contributed by atoms with Crippen molar-refractivity contribution < 1.29 is 17.7 Å². The Bertz CT molecular complexity index is 952. The smallest absolute Gasteiger partial charge is 0.295 e. The van der Waals surface area contributed by atoms with Crippen LogP contribution >= 0.6 is 0 Å². The van der Waals surface area contributed by atoms with Gasteiger partial charge in [-0.05, 0) is 31.9 Å². The van der Waals surface area contributed by atoms with E-state index in [0.717, 1.165) is 30.5 Å². The topological polar surface area (TPSA) is 42.7 Å². The van der Waals surface area contributed by atoms with E-state index in [9.17, 15) is 13.0 Å². The van der Waals surface area contributed by atoms with E-state index < -0.39 is 34.7 Å². The van der Waals surface area contributed by atoms with Crippen molar-refractivity contribution in [3.8, 4) is 5.75 Å². The van der Waals surface area contributed by atoms with Crippen LogP contribution in [0.2, 0.25) is 0 Å². The Hall–Kier alpha value is -2.30. The first-order chi connectivity index (χ1) is 12.9. The van der Waals surface area contributed by atoms with Gasteiger partial charge >= 0.3 is 0 Å². The number of aryl methyl sites for hydroxylation is 1. The molecule has 0 amide bonds. The first kappa shape index (κ1) is 18.1. The lowest BCUT2D eigenvalue weighted by molar-refractivity contribution is 0.161. The van der Waals surface area contributed by atoms with Gasteiger partial charge in [-0.2, -0.15) is 4.72 Å². The number of ether oxygens (including phenoxy) is 1. The minimum absolute atomic E-state index is 0.131. The molecule has 2 aromatic carbocycles. The second-order valence-electron chi connectivity index (χ2n) is 7.20. The summed E-state index contributed by atoms with van der Waals surface area (Å²) >= 11 is 0. The predicted molar refractivity (Wildman–Crippen MR) is 97.4 cm³/mol. The van der Waals surface area contributed by atoms with Crippen LogP contribution in [0.5, 0.6) is 5.75 Å². The zero-order chi connectivity index (χ0) is 19.2. The van der Waals surface area contributed by atoms with Gasteiger partial charge in [-0.1, -0.05) is 17.7 Å². The fraction of sp³-hybridized carbons (Fsp3) is 0.350. The highest BCUT2D eigenvalue weighted by atomic mass is 32.2. The van der Waals surface area contributed by atoms with E-state index in [4.69, 9.17) is 11.3 Å². The van der Waals surface area contributed by atoms with Crippen LogP contribution in [0.3, 0.4) is 0 Å². The second-order valence-corrected chi connectivity index (χ2v) is 8.45. The van der Waals surface area contributed by atoms with Crippen molar-refractivity contribution in [1.29, 1.82) is 0 Å². The lowest BCUT2D eigenvalue weighted by atomic mass is 9.79. The highest BCUT2D eigenvalue weighted by molar-refractivity contribution is 7.83. The van der Waals surface area contributed by atoms with Gasteiger partial charge in [0.15, 0.2) is 0 Å². The van der Waals surface area contributed by atoms with Crippen LogP contribution in [0, 0.1) is 30.5 Å². The number of hydrogen-bond acceptors (Lipinski definition) is 2. The summed E-state index contributed by atoms with van der Waals surface area (Å²) in [5.74, 6) is -1.86. The largest absolute Gasteiger partial charge is 0.492 e. The molecular formula is C20H18F2N2O2S. The van der Waals surface area contributed by atoms with Crippen LogP contribution < -0.4 is 9.46 Å². The molecule has 0 bridgehead atoms.